The molecule has 0 atom stereocenters. The lowest BCUT2D eigenvalue weighted by molar-refractivity contribution is -0.127. The molecule has 104 valence electrons. The van der Waals surface area contributed by atoms with Crippen molar-refractivity contribution >= 4 is 11.6 Å². The van der Waals surface area contributed by atoms with Gasteiger partial charge in [0.15, 0.2) is 0 Å². The Morgan fingerprint density at radius 1 is 1.05 bits per heavy atom. The first-order chi connectivity index (χ1) is 8.88. The van der Waals surface area contributed by atoms with Crippen molar-refractivity contribution in [3.63, 3.8) is 0 Å². The van der Waals surface area contributed by atoms with Crippen molar-refractivity contribution in [1.29, 1.82) is 0 Å². The Hall–Kier alpha value is -1.51. The zero-order valence-electron chi connectivity index (χ0n) is 12.4. The van der Waals surface area contributed by atoms with Crippen LogP contribution in [0.15, 0.2) is 24.3 Å². The van der Waals surface area contributed by atoms with Crippen molar-refractivity contribution < 1.29 is 4.79 Å². The predicted molar refractivity (Wildman–Crippen MR) is 79.6 cm³/mol. The van der Waals surface area contributed by atoms with Crippen LogP contribution in [-0.2, 0) is 10.2 Å². The Bertz CT molecular complexity index is 445. The molecule has 1 saturated heterocycles. The van der Waals surface area contributed by atoms with Crippen LogP contribution < -0.4 is 4.90 Å². The maximum absolute atomic E-state index is 11.9. The fourth-order valence-electron chi connectivity index (χ4n) is 2.38. The number of anilines is 1. The second kappa shape index (κ2) is 5.24. The van der Waals surface area contributed by atoms with Gasteiger partial charge >= 0.3 is 0 Å². The Morgan fingerprint density at radius 3 is 2.26 bits per heavy atom. The van der Waals surface area contributed by atoms with Gasteiger partial charge in [-0.3, -0.25) is 4.79 Å². The minimum absolute atomic E-state index is 0.174. The number of likely N-dealkylation sites (N-methyl/N-ethyl adjacent to an activating group) is 1. The largest absolute Gasteiger partial charge is 0.362 e. The molecule has 19 heavy (non-hydrogen) atoms. The average molecular weight is 260 g/mol. The molecule has 0 radical (unpaired) electrons. The zero-order chi connectivity index (χ0) is 14.0. The van der Waals surface area contributed by atoms with Gasteiger partial charge in [-0.2, -0.15) is 0 Å². The van der Waals surface area contributed by atoms with E-state index in [1.165, 1.54) is 5.56 Å². The highest BCUT2D eigenvalue weighted by Crippen LogP contribution is 2.25. The summed E-state index contributed by atoms with van der Waals surface area (Å²) < 4.78 is 0. The normalized spacial score (nSPS) is 17.6. The molecule has 1 aromatic carbocycles. The molecule has 0 N–H and O–H groups in total. The van der Waals surface area contributed by atoms with Gasteiger partial charge in [0.1, 0.15) is 0 Å². The van der Waals surface area contributed by atoms with Gasteiger partial charge in [0.25, 0.3) is 0 Å². The molecule has 0 spiro atoms. The molecule has 1 aliphatic heterocycles. The van der Waals surface area contributed by atoms with E-state index in [4.69, 9.17) is 0 Å². The predicted octanol–water partition coefficient (Wildman–Crippen LogP) is 2.65. The summed E-state index contributed by atoms with van der Waals surface area (Å²) in [5, 5.41) is 0. The summed E-state index contributed by atoms with van der Waals surface area (Å²) in [6.07, 6.45) is 1.03. The van der Waals surface area contributed by atoms with Crippen molar-refractivity contribution in [2.24, 2.45) is 0 Å². The van der Waals surface area contributed by atoms with Crippen LogP contribution in [0.2, 0.25) is 0 Å². The van der Waals surface area contributed by atoms with E-state index < -0.39 is 0 Å². The summed E-state index contributed by atoms with van der Waals surface area (Å²) in [6.45, 7) is 8.94. The average Bonchev–Trinajstić information content (AvgIpc) is 2.51. The van der Waals surface area contributed by atoms with Crippen LogP contribution in [0.3, 0.4) is 0 Å². The van der Waals surface area contributed by atoms with Crippen LogP contribution in [0.4, 0.5) is 5.69 Å². The Kier molecular flexibility index (Phi) is 3.83. The van der Waals surface area contributed by atoms with E-state index in [1.54, 1.807) is 0 Å². The molecule has 1 aliphatic rings. The molecular weight excluding hydrogens is 236 g/mol. The number of nitrogens with zero attached hydrogens (tertiary/aromatic N) is 2. The SMILES string of the molecule is CN1CCCN(c2ccc(C(C)(C)C)cc2)CC1=O. The number of amides is 1. The number of hydrogen-bond acceptors (Lipinski definition) is 2. The van der Waals surface area contributed by atoms with Crippen LogP contribution in [0.5, 0.6) is 0 Å². The maximum atomic E-state index is 11.9. The summed E-state index contributed by atoms with van der Waals surface area (Å²) in [5.74, 6) is 0.206. The molecule has 3 nitrogen and oxygen atoms in total. The fourth-order valence-corrected chi connectivity index (χ4v) is 2.38. The molecule has 1 aromatic rings. The van der Waals surface area contributed by atoms with E-state index in [9.17, 15) is 4.79 Å². The van der Waals surface area contributed by atoms with Gasteiger partial charge in [-0.1, -0.05) is 32.9 Å². The molecule has 1 amide bonds. The molecule has 2 rings (SSSR count). The van der Waals surface area contributed by atoms with Crippen LogP contribution in [-0.4, -0.2) is 37.5 Å². The van der Waals surface area contributed by atoms with Gasteiger partial charge in [-0.25, -0.2) is 0 Å². The highest BCUT2D eigenvalue weighted by molar-refractivity contribution is 5.81. The smallest absolute Gasteiger partial charge is 0.241 e. The van der Waals surface area contributed by atoms with Crippen molar-refractivity contribution in [3.05, 3.63) is 29.8 Å². The van der Waals surface area contributed by atoms with E-state index in [1.807, 2.05) is 11.9 Å². The monoisotopic (exact) mass is 260 g/mol. The Labute approximate surface area is 116 Å². The third-order valence-corrected chi connectivity index (χ3v) is 3.77. The standard InChI is InChI=1S/C16H24N2O/c1-16(2,3)13-6-8-14(9-7-13)18-11-5-10-17(4)15(19)12-18/h6-9H,5,10-12H2,1-4H3. The summed E-state index contributed by atoms with van der Waals surface area (Å²) in [4.78, 5) is 15.9. The zero-order valence-corrected chi connectivity index (χ0v) is 12.4. The lowest BCUT2D eigenvalue weighted by atomic mass is 9.87. The highest BCUT2D eigenvalue weighted by atomic mass is 16.2. The van der Waals surface area contributed by atoms with Gasteiger partial charge < -0.3 is 9.80 Å². The van der Waals surface area contributed by atoms with Gasteiger partial charge in [0, 0.05) is 25.8 Å². The highest BCUT2D eigenvalue weighted by Gasteiger charge is 2.20. The second-order valence-corrected chi connectivity index (χ2v) is 6.39. The molecule has 0 saturated carbocycles. The minimum Gasteiger partial charge on any atom is -0.362 e. The van der Waals surface area contributed by atoms with Crippen molar-refractivity contribution in [3.8, 4) is 0 Å². The molecule has 0 unspecified atom stereocenters. The number of carbonyl (C=O) groups is 1. The minimum atomic E-state index is 0.174. The van der Waals surface area contributed by atoms with Crippen molar-refractivity contribution in [2.75, 3.05) is 31.6 Å². The first-order valence-electron chi connectivity index (χ1n) is 6.97. The fraction of sp³-hybridized carbons (Fsp3) is 0.562. The van der Waals surface area contributed by atoms with Crippen molar-refractivity contribution in [1.82, 2.24) is 4.90 Å². The number of rotatable bonds is 1. The summed E-state index contributed by atoms with van der Waals surface area (Å²) in [6, 6.07) is 8.63. The Morgan fingerprint density at radius 2 is 1.68 bits per heavy atom. The first-order valence-corrected chi connectivity index (χ1v) is 6.97. The summed E-state index contributed by atoms with van der Waals surface area (Å²) >= 11 is 0. The molecule has 3 heteroatoms. The quantitative estimate of drug-likeness (QED) is 0.775. The maximum Gasteiger partial charge on any atom is 0.241 e. The van der Waals surface area contributed by atoms with E-state index in [-0.39, 0.29) is 11.3 Å². The van der Waals surface area contributed by atoms with E-state index in [0.717, 1.165) is 25.2 Å². The molecular formula is C16H24N2O. The van der Waals surface area contributed by atoms with Crippen LogP contribution >= 0.6 is 0 Å². The molecule has 1 fully saturated rings. The third-order valence-electron chi connectivity index (χ3n) is 3.77. The Balaban J connectivity index is 2.16. The van der Waals surface area contributed by atoms with Gasteiger partial charge in [0.05, 0.1) is 6.54 Å². The molecule has 0 bridgehead atoms. The lowest BCUT2D eigenvalue weighted by Crippen LogP contribution is -2.34. The topological polar surface area (TPSA) is 23.6 Å². The molecule has 0 aromatic heterocycles. The number of hydrogen-bond donors (Lipinski definition) is 0. The number of carbonyl (C=O) groups excluding carboxylic acids is 1. The second-order valence-electron chi connectivity index (χ2n) is 6.39. The molecule has 0 aliphatic carbocycles. The van der Waals surface area contributed by atoms with Crippen LogP contribution in [0.1, 0.15) is 32.8 Å². The van der Waals surface area contributed by atoms with Gasteiger partial charge in [-0.15, -0.1) is 0 Å². The lowest BCUT2D eigenvalue weighted by Gasteiger charge is -2.24. The number of benzene rings is 1. The van der Waals surface area contributed by atoms with Crippen molar-refractivity contribution in [2.45, 2.75) is 32.6 Å². The summed E-state index contributed by atoms with van der Waals surface area (Å²) in [5.41, 5.74) is 2.65. The van der Waals surface area contributed by atoms with Gasteiger partial charge in [-0.05, 0) is 29.5 Å². The van der Waals surface area contributed by atoms with Crippen LogP contribution in [0.25, 0.3) is 0 Å². The van der Waals surface area contributed by atoms with E-state index in [2.05, 4.69) is 49.9 Å². The first kappa shape index (κ1) is 13.9. The summed E-state index contributed by atoms with van der Waals surface area (Å²) in [7, 11) is 1.88. The van der Waals surface area contributed by atoms with Gasteiger partial charge in [0.2, 0.25) is 5.91 Å². The van der Waals surface area contributed by atoms with E-state index >= 15 is 0 Å². The molecule has 1 heterocycles. The third kappa shape index (κ3) is 3.28. The van der Waals surface area contributed by atoms with E-state index in [0.29, 0.717) is 6.54 Å². The van der Waals surface area contributed by atoms with Crippen LogP contribution in [0, 0.1) is 0 Å².